The first-order chi connectivity index (χ1) is 14.9. The molecule has 0 saturated heterocycles. The van der Waals surface area contributed by atoms with E-state index in [0.717, 1.165) is 27.9 Å². The molecule has 2 aromatic carbocycles. The van der Waals surface area contributed by atoms with Crippen LogP contribution in [0.4, 0.5) is 0 Å². The van der Waals surface area contributed by atoms with Crippen molar-refractivity contribution in [1.29, 1.82) is 0 Å². The van der Waals surface area contributed by atoms with Crippen LogP contribution in [0.1, 0.15) is 35.6 Å². The van der Waals surface area contributed by atoms with Gasteiger partial charge in [0.25, 0.3) is 5.91 Å². The van der Waals surface area contributed by atoms with Crippen LogP contribution in [-0.2, 0) is 13.5 Å². The SMILES string of the molecule is COc1cc(-c2nc(Cc3ccc4[nH]ncc4c3Cl)n(C)n2)ccc1C(=O)NC(C)C. The number of rotatable bonds is 6. The zero-order valence-corrected chi connectivity index (χ0v) is 18.5. The number of nitrogens with one attached hydrogen (secondary N) is 2. The van der Waals surface area contributed by atoms with Gasteiger partial charge in [0.15, 0.2) is 5.82 Å². The molecular weight excluding hydrogens is 416 g/mol. The van der Waals surface area contributed by atoms with Crippen LogP contribution in [0.5, 0.6) is 5.75 Å². The molecule has 0 atom stereocenters. The van der Waals surface area contributed by atoms with Crippen LogP contribution < -0.4 is 10.1 Å². The molecule has 0 saturated carbocycles. The number of ether oxygens (including phenoxy) is 1. The maximum Gasteiger partial charge on any atom is 0.255 e. The highest BCUT2D eigenvalue weighted by atomic mass is 35.5. The van der Waals surface area contributed by atoms with Gasteiger partial charge < -0.3 is 10.1 Å². The molecule has 2 N–H and O–H groups in total. The lowest BCUT2D eigenvalue weighted by molar-refractivity contribution is 0.0940. The van der Waals surface area contributed by atoms with Gasteiger partial charge in [-0.3, -0.25) is 14.6 Å². The van der Waals surface area contributed by atoms with Gasteiger partial charge in [-0.2, -0.15) is 10.2 Å². The number of aryl methyl sites for hydroxylation is 1. The Bertz CT molecular complexity index is 1260. The second-order valence-electron chi connectivity index (χ2n) is 7.57. The molecule has 0 aliphatic rings. The number of nitrogens with zero attached hydrogens (tertiary/aromatic N) is 4. The molecule has 0 bridgehead atoms. The fourth-order valence-corrected chi connectivity index (χ4v) is 3.67. The summed E-state index contributed by atoms with van der Waals surface area (Å²) in [6, 6.07) is 9.27. The Morgan fingerprint density at radius 2 is 2.10 bits per heavy atom. The van der Waals surface area contributed by atoms with Gasteiger partial charge in [-0.1, -0.05) is 23.7 Å². The number of hydrogen-bond donors (Lipinski definition) is 2. The molecule has 0 fully saturated rings. The molecule has 31 heavy (non-hydrogen) atoms. The van der Waals surface area contributed by atoms with Crippen molar-refractivity contribution in [2.75, 3.05) is 7.11 Å². The van der Waals surface area contributed by atoms with Crippen molar-refractivity contribution >= 4 is 28.4 Å². The maximum absolute atomic E-state index is 12.4. The van der Waals surface area contributed by atoms with Gasteiger partial charge in [-0.05, 0) is 37.6 Å². The number of aromatic amines is 1. The molecule has 0 unspecified atom stereocenters. The highest BCUT2D eigenvalue weighted by molar-refractivity contribution is 6.36. The first-order valence-corrected chi connectivity index (χ1v) is 10.2. The third kappa shape index (κ3) is 4.11. The van der Waals surface area contributed by atoms with Gasteiger partial charge in [-0.15, -0.1) is 0 Å². The predicted octanol–water partition coefficient (Wildman–Crippen LogP) is 3.75. The minimum atomic E-state index is -0.183. The first kappa shape index (κ1) is 20.9. The van der Waals surface area contributed by atoms with E-state index >= 15 is 0 Å². The van der Waals surface area contributed by atoms with Crippen LogP contribution in [0.3, 0.4) is 0 Å². The highest BCUT2D eigenvalue weighted by Crippen LogP contribution is 2.29. The standard InChI is InChI=1S/C22H23ClN6O2/c1-12(2)25-22(30)15-7-5-14(9-18(15)31-4)21-26-19(29(3)28-21)10-13-6-8-17-16(20(13)23)11-24-27-17/h5-9,11-12H,10H2,1-4H3,(H,24,27)(H,25,30). The van der Waals surface area contributed by atoms with Crippen molar-refractivity contribution in [1.82, 2.24) is 30.3 Å². The number of aromatic nitrogens is 5. The lowest BCUT2D eigenvalue weighted by Gasteiger charge is -2.12. The van der Waals surface area contributed by atoms with E-state index in [2.05, 4.69) is 20.6 Å². The van der Waals surface area contributed by atoms with Crippen molar-refractivity contribution in [3.8, 4) is 17.1 Å². The molecule has 0 aliphatic carbocycles. The Morgan fingerprint density at radius 1 is 1.29 bits per heavy atom. The van der Waals surface area contributed by atoms with E-state index < -0.39 is 0 Å². The zero-order valence-electron chi connectivity index (χ0n) is 17.7. The number of fused-ring (bicyclic) bond motifs is 1. The van der Waals surface area contributed by atoms with E-state index in [-0.39, 0.29) is 11.9 Å². The Hall–Kier alpha value is -3.39. The third-order valence-corrected chi connectivity index (χ3v) is 5.41. The fourth-order valence-electron chi connectivity index (χ4n) is 3.39. The quantitative estimate of drug-likeness (QED) is 0.477. The number of benzene rings is 2. The molecule has 4 aromatic rings. The topological polar surface area (TPSA) is 97.7 Å². The van der Waals surface area contributed by atoms with Gasteiger partial charge in [0.1, 0.15) is 11.6 Å². The second kappa shape index (κ2) is 8.39. The molecule has 1 amide bonds. The van der Waals surface area contributed by atoms with E-state index in [0.29, 0.717) is 28.6 Å². The molecule has 0 aliphatic heterocycles. The fraction of sp³-hybridized carbons (Fsp3) is 0.273. The summed E-state index contributed by atoms with van der Waals surface area (Å²) < 4.78 is 7.18. The molecule has 160 valence electrons. The van der Waals surface area contributed by atoms with Crippen molar-refractivity contribution < 1.29 is 9.53 Å². The number of H-pyrrole nitrogens is 1. The summed E-state index contributed by atoms with van der Waals surface area (Å²) in [5, 5.41) is 15.9. The smallest absolute Gasteiger partial charge is 0.255 e. The van der Waals surface area contributed by atoms with Crippen LogP contribution in [0.25, 0.3) is 22.3 Å². The molecule has 2 heterocycles. The van der Waals surface area contributed by atoms with Crippen molar-refractivity contribution in [2.24, 2.45) is 7.05 Å². The molecule has 0 radical (unpaired) electrons. The minimum Gasteiger partial charge on any atom is -0.496 e. The van der Waals surface area contributed by atoms with Crippen LogP contribution in [0.15, 0.2) is 36.5 Å². The lowest BCUT2D eigenvalue weighted by atomic mass is 10.1. The minimum absolute atomic E-state index is 0.0324. The maximum atomic E-state index is 12.4. The van der Waals surface area contributed by atoms with Gasteiger partial charge in [0.2, 0.25) is 0 Å². The number of amides is 1. The van der Waals surface area contributed by atoms with Crippen LogP contribution in [0, 0.1) is 0 Å². The van der Waals surface area contributed by atoms with E-state index in [1.807, 2.05) is 39.1 Å². The summed E-state index contributed by atoms with van der Waals surface area (Å²) in [5.41, 5.74) is 3.06. The molecular formula is C22H23ClN6O2. The second-order valence-corrected chi connectivity index (χ2v) is 7.94. The summed E-state index contributed by atoms with van der Waals surface area (Å²) in [7, 11) is 3.38. The highest BCUT2D eigenvalue weighted by Gasteiger charge is 2.17. The Kier molecular flexibility index (Phi) is 5.65. The average molecular weight is 439 g/mol. The number of halogens is 1. The van der Waals surface area contributed by atoms with Crippen molar-refractivity contribution in [3.63, 3.8) is 0 Å². The van der Waals surface area contributed by atoms with Crippen LogP contribution in [0.2, 0.25) is 5.02 Å². The first-order valence-electron chi connectivity index (χ1n) is 9.87. The van der Waals surface area contributed by atoms with Gasteiger partial charge >= 0.3 is 0 Å². The monoisotopic (exact) mass is 438 g/mol. The Labute approximate surface area is 184 Å². The van der Waals surface area contributed by atoms with Crippen LogP contribution in [-0.4, -0.2) is 44.0 Å². The molecule has 4 rings (SSSR count). The average Bonchev–Trinajstić information content (AvgIpc) is 3.36. The summed E-state index contributed by atoms with van der Waals surface area (Å²) >= 11 is 6.56. The van der Waals surface area contributed by atoms with E-state index in [1.54, 1.807) is 23.0 Å². The largest absolute Gasteiger partial charge is 0.496 e. The molecule has 9 heteroatoms. The van der Waals surface area contributed by atoms with E-state index in [9.17, 15) is 4.79 Å². The van der Waals surface area contributed by atoms with Gasteiger partial charge in [0.05, 0.1) is 29.4 Å². The van der Waals surface area contributed by atoms with E-state index in [1.165, 1.54) is 7.11 Å². The summed E-state index contributed by atoms with van der Waals surface area (Å²) in [5.74, 6) is 1.60. The van der Waals surface area contributed by atoms with Crippen molar-refractivity contribution in [3.05, 3.63) is 58.5 Å². The number of carbonyl (C=O) groups excluding carboxylic acids is 1. The summed E-state index contributed by atoms with van der Waals surface area (Å²) in [6.45, 7) is 3.82. The summed E-state index contributed by atoms with van der Waals surface area (Å²) in [4.78, 5) is 17.1. The predicted molar refractivity (Wildman–Crippen MR) is 120 cm³/mol. The number of carbonyl (C=O) groups is 1. The lowest BCUT2D eigenvalue weighted by Crippen LogP contribution is -2.30. The van der Waals surface area contributed by atoms with Crippen molar-refractivity contribution in [2.45, 2.75) is 26.3 Å². The normalized spacial score (nSPS) is 11.3. The molecule has 8 nitrogen and oxygen atoms in total. The Morgan fingerprint density at radius 3 is 2.84 bits per heavy atom. The van der Waals surface area contributed by atoms with Gasteiger partial charge in [-0.25, -0.2) is 4.98 Å². The van der Waals surface area contributed by atoms with Crippen LogP contribution >= 0.6 is 11.6 Å². The van der Waals surface area contributed by atoms with E-state index in [4.69, 9.17) is 21.3 Å². The molecule has 2 aromatic heterocycles. The molecule has 0 spiro atoms. The number of hydrogen-bond acceptors (Lipinski definition) is 5. The number of methoxy groups -OCH3 is 1. The van der Waals surface area contributed by atoms with Gasteiger partial charge in [0, 0.05) is 30.5 Å². The summed E-state index contributed by atoms with van der Waals surface area (Å²) in [6.07, 6.45) is 2.24. The third-order valence-electron chi connectivity index (χ3n) is 4.96. The zero-order chi connectivity index (χ0) is 22.1. The Balaban J connectivity index is 1.63.